The molecule has 2 aromatic rings. The molecule has 0 amide bonds. The number of halogens is 1. The van der Waals surface area contributed by atoms with Crippen LogP contribution in [0.15, 0.2) is 11.4 Å². The summed E-state index contributed by atoms with van der Waals surface area (Å²) < 4.78 is 0. The van der Waals surface area contributed by atoms with Gasteiger partial charge in [-0.15, -0.1) is 11.3 Å². The monoisotopic (exact) mass is 380 g/mol. The Morgan fingerprint density at radius 3 is 2.71 bits per heavy atom. The summed E-state index contributed by atoms with van der Waals surface area (Å²) in [6, 6.07) is 4.29. The Balaban J connectivity index is 1.44. The number of nitrogens with zero attached hydrogens (tertiary/aromatic N) is 3. The van der Waals surface area contributed by atoms with E-state index in [2.05, 4.69) is 15.1 Å². The minimum atomic E-state index is 0.648. The average molecular weight is 381 g/mol. The third kappa shape index (κ3) is 2.38. The molecule has 0 spiro atoms. The Labute approximate surface area is 155 Å². The molecule has 0 aromatic carbocycles. The lowest BCUT2D eigenvalue weighted by Gasteiger charge is -2.43. The number of hydrogen-bond donors (Lipinski definition) is 1. The van der Waals surface area contributed by atoms with Gasteiger partial charge in [0.05, 0.1) is 9.90 Å². The van der Waals surface area contributed by atoms with Crippen LogP contribution in [0.5, 0.6) is 0 Å². The molecule has 4 heterocycles. The average Bonchev–Trinajstić information content (AvgIpc) is 3.26. The Kier molecular flexibility index (Phi) is 3.77. The Morgan fingerprint density at radius 1 is 1.25 bits per heavy atom. The fraction of sp³-hybridized carbons (Fsp3) is 0.588. The van der Waals surface area contributed by atoms with Crippen LogP contribution in [0.25, 0.3) is 10.6 Å². The second-order valence-electron chi connectivity index (χ2n) is 7.03. The maximum absolute atomic E-state index is 6.15. The van der Waals surface area contributed by atoms with Gasteiger partial charge in [-0.2, -0.15) is 0 Å². The van der Waals surface area contributed by atoms with Gasteiger partial charge in [0.2, 0.25) is 0 Å². The second kappa shape index (κ2) is 5.87. The zero-order valence-electron chi connectivity index (χ0n) is 13.7. The van der Waals surface area contributed by atoms with E-state index in [0.29, 0.717) is 6.04 Å². The van der Waals surface area contributed by atoms with Gasteiger partial charge in [-0.25, -0.2) is 4.98 Å². The van der Waals surface area contributed by atoms with Gasteiger partial charge in [-0.1, -0.05) is 29.4 Å². The molecule has 4 nitrogen and oxygen atoms in total. The molecule has 2 bridgehead atoms. The van der Waals surface area contributed by atoms with Crippen LogP contribution in [-0.2, 0) is 0 Å². The predicted molar refractivity (Wildman–Crippen MR) is 104 cm³/mol. The molecule has 1 N–H and O–H groups in total. The van der Waals surface area contributed by atoms with Crippen molar-refractivity contribution in [3.8, 4) is 10.6 Å². The Hall–Kier alpha value is -0.820. The van der Waals surface area contributed by atoms with E-state index in [0.717, 1.165) is 34.5 Å². The molecule has 1 aliphatic carbocycles. The van der Waals surface area contributed by atoms with Gasteiger partial charge in [0.15, 0.2) is 5.13 Å². The van der Waals surface area contributed by atoms with Gasteiger partial charge in [0.25, 0.3) is 0 Å². The minimum absolute atomic E-state index is 0.648. The standard InChI is InChI=1S/C17H21ClN4S2/c1-19-17-20-15(14-5-10(18)9-23-14)16(24-17)22-8-12-6-13(22)7-21(12)11-3-2-4-11/h5,9,11-13H,2-4,6-8H2,1H3,(H,19,20). The molecule has 2 unspecified atom stereocenters. The van der Waals surface area contributed by atoms with Crippen molar-refractivity contribution in [2.75, 3.05) is 30.4 Å². The van der Waals surface area contributed by atoms with E-state index in [9.17, 15) is 0 Å². The van der Waals surface area contributed by atoms with E-state index >= 15 is 0 Å². The molecular weight excluding hydrogens is 360 g/mol. The van der Waals surface area contributed by atoms with Gasteiger partial charge >= 0.3 is 0 Å². The van der Waals surface area contributed by atoms with E-state index < -0.39 is 0 Å². The largest absolute Gasteiger partial charge is 0.365 e. The molecule has 128 valence electrons. The zero-order chi connectivity index (χ0) is 16.3. The van der Waals surface area contributed by atoms with Crippen molar-refractivity contribution in [1.82, 2.24) is 9.88 Å². The first kappa shape index (κ1) is 15.4. The van der Waals surface area contributed by atoms with Gasteiger partial charge in [0, 0.05) is 43.6 Å². The zero-order valence-corrected chi connectivity index (χ0v) is 16.1. The van der Waals surface area contributed by atoms with E-state index in [1.165, 1.54) is 42.1 Å². The van der Waals surface area contributed by atoms with Crippen LogP contribution in [0.3, 0.4) is 0 Å². The quantitative estimate of drug-likeness (QED) is 0.852. The normalized spacial score (nSPS) is 27.0. The first-order valence-electron chi connectivity index (χ1n) is 8.68. The number of thiophene rings is 1. The molecule has 2 saturated heterocycles. The van der Waals surface area contributed by atoms with Crippen molar-refractivity contribution in [2.45, 2.75) is 43.8 Å². The van der Waals surface area contributed by atoms with Crippen LogP contribution in [0.2, 0.25) is 5.02 Å². The van der Waals surface area contributed by atoms with Crippen molar-refractivity contribution in [3.63, 3.8) is 0 Å². The fourth-order valence-corrected chi connectivity index (χ4v) is 6.47. The smallest absolute Gasteiger partial charge is 0.185 e. The second-order valence-corrected chi connectivity index (χ2v) is 9.35. The highest BCUT2D eigenvalue weighted by molar-refractivity contribution is 7.21. The third-order valence-corrected chi connectivity index (χ3v) is 8.11. The number of rotatable bonds is 4. The van der Waals surface area contributed by atoms with Crippen LogP contribution >= 0.6 is 34.3 Å². The number of nitrogens with one attached hydrogen (secondary N) is 1. The third-order valence-electron chi connectivity index (χ3n) is 5.71. The van der Waals surface area contributed by atoms with Crippen molar-refractivity contribution in [2.24, 2.45) is 0 Å². The van der Waals surface area contributed by atoms with E-state index in [4.69, 9.17) is 16.6 Å². The first-order chi connectivity index (χ1) is 11.7. The first-order valence-corrected chi connectivity index (χ1v) is 10.8. The lowest BCUT2D eigenvalue weighted by atomic mass is 9.91. The summed E-state index contributed by atoms with van der Waals surface area (Å²) in [5.41, 5.74) is 1.10. The van der Waals surface area contributed by atoms with Gasteiger partial charge in [-0.05, 0) is 25.3 Å². The van der Waals surface area contributed by atoms with Crippen molar-refractivity contribution in [1.29, 1.82) is 0 Å². The summed E-state index contributed by atoms with van der Waals surface area (Å²) in [6.45, 7) is 2.38. The lowest BCUT2D eigenvalue weighted by Crippen LogP contribution is -2.52. The van der Waals surface area contributed by atoms with Crippen LogP contribution in [0.1, 0.15) is 25.7 Å². The highest BCUT2D eigenvalue weighted by Crippen LogP contribution is 2.47. The summed E-state index contributed by atoms with van der Waals surface area (Å²) in [4.78, 5) is 11.4. The van der Waals surface area contributed by atoms with E-state index in [1.807, 2.05) is 18.5 Å². The molecular formula is C17H21ClN4S2. The Morgan fingerprint density at radius 2 is 2.12 bits per heavy atom. The number of fused-ring (bicyclic) bond motifs is 2. The van der Waals surface area contributed by atoms with Gasteiger partial charge in [0.1, 0.15) is 10.7 Å². The maximum atomic E-state index is 6.15. The molecule has 3 fully saturated rings. The summed E-state index contributed by atoms with van der Waals surface area (Å²) >= 11 is 9.62. The molecule has 0 radical (unpaired) electrons. The number of hydrogen-bond acceptors (Lipinski definition) is 6. The van der Waals surface area contributed by atoms with Gasteiger partial charge < -0.3 is 10.2 Å². The molecule has 2 aliphatic heterocycles. The van der Waals surface area contributed by atoms with Crippen LogP contribution in [-0.4, -0.2) is 48.1 Å². The predicted octanol–water partition coefficient (Wildman–Crippen LogP) is 4.38. The molecule has 24 heavy (non-hydrogen) atoms. The lowest BCUT2D eigenvalue weighted by molar-refractivity contribution is 0.107. The van der Waals surface area contributed by atoms with Gasteiger partial charge in [-0.3, -0.25) is 4.90 Å². The molecule has 7 heteroatoms. The molecule has 2 aromatic heterocycles. The number of aromatic nitrogens is 1. The summed E-state index contributed by atoms with van der Waals surface area (Å²) in [5.74, 6) is 0. The Bertz CT molecular complexity index is 754. The number of piperazine rings is 1. The van der Waals surface area contributed by atoms with Crippen molar-refractivity contribution >= 4 is 44.4 Å². The topological polar surface area (TPSA) is 31.4 Å². The van der Waals surface area contributed by atoms with Crippen molar-refractivity contribution in [3.05, 3.63) is 16.5 Å². The van der Waals surface area contributed by atoms with E-state index in [-0.39, 0.29) is 0 Å². The highest BCUT2D eigenvalue weighted by atomic mass is 35.5. The molecule has 1 saturated carbocycles. The van der Waals surface area contributed by atoms with E-state index in [1.54, 1.807) is 22.7 Å². The summed E-state index contributed by atoms with van der Waals surface area (Å²) in [7, 11) is 1.95. The van der Waals surface area contributed by atoms with Crippen molar-refractivity contribution < 1.29 is 0 Å². The van der Waals surface area contributed by atoms with Crippen LogP contribution in [0.4, 0.5) is 10.1 Å². The van der Waals surface area contributed by atoms with Crippen LogP contribution < -0.4 is 10.2 Å². The highest BCUT2D eigenvalue weighted by Gasteiger charge is 2.47. The fourth-order valence-electron chi connectivity index (χ4n) is 4.32. The SMILES string of the molecule is CNc1nc(-c2cc(Cl)cs2)c(N2CC3CC2CN3C2CCC2)s1. The number of likely N-dealkylation sites (tertiary alicyclic amines) is 1. The number of anilines is 2. The molecule has 5 rings (SSSR count). The van der Waals surface area contributed by atoms with Crippen LogP contribution in [0, 0.1) is 0 Å². The number of thiazole rings is 1. The summed E-state index contributed by atoms with van der Waals surface area (Å²) in [5, 5.41) is 8.32. The maximum Gasteiger partial charge on any atom is 0.185 e. The molecule has 3 aliphatic rings. The summed E-state index contributed by atoms with van der Waals surface area (Å²) in [6.07, 6.45) is 5.55. The minimum Gasteiger partial charge on any atom is -0.365 e. The molecule has 2 atom stereocenters.